The van der Waals surface area contributed by atoms with E-state index < -0.39 is 5.60 Å². The number of ether oxygens (including phenoxy) is 1. The molecule has 0 heterocycles. The van der Waals surface area contributed by atoms with Crippen LogP contribution in [0.25, 0.3) is 0 Å². The number of hydrogen-bond acceptors (Lipinski definition) is 2. The highest BCUT2D eigenvalue weighted by Crippen LogP contribution is 2.30. The van der Waals surface area contributed by atoms with Gasteiger partial charge >= 0.3 is 0 Å². The van der Waals surface area contributed by atoms with E-state index in [1.807, 2.05) is 56.3 Å². The van der Waals surface area contributed by atoms with Crippen LogP contribution in [0.5, 0.6) is 5.75 Å². The Bertz CT molecular complexity index is 588. The summed E-state index contributed by atoms with van der Waals surface area (Å²) >= 11 is 3.42. The molecule has 0 saturated heterocycles. The summed E-state index contributed by atoms with van der Waals surface area (Å²) in [6, 6.07) is 13.8. The molecule has 106 valence electrons. The second-order valence-corrected chi connectivity index (χ2v) is 6.17. The zero-order valence-corrected chi connectivity index (χ0v) is 13.6. The lowest BCUT2D eigenvalue weighted by Crippen LogP contribution is -2.25. The van der Waals surface area contributed by atoms with E-state index in [1.54, 1.807) is 7.11 Å². The van der Waals surface area contributed by atoms with Gasteiger partial charge in [-0.1, -0.05) is 34.1 Å². The standard InChI is InChI=1S/C17H19BrO2/c1-12-10-15(20-3)8-9-16(12)17(2,19)11-13-4-6-14(18)7-5-13/h4-10,19H,11H2,1-3H3. The molecule has 0 aliphatic heterocycles. The topological polar surface area (TPSA) is 29.5 Å². The fourth-order valence-electron chi connectivity index (χ4n) is 2.46. The lowest BCUT2D eigenvalue weighted by atomic mass is 9.86. The van der Waals surface area contributed by atoms with Crippen LogP contribution in [0.1, 0.15) is 23.6 Å². The minimum atomic E-state index is -0.899. The molecule has 2 rings (SSSR count). The van der Waals surface area contributed by atoms with Gasteiger partial charge in [0.15, 0.2) is 0 Å². The molecule has 0 aliphatic rings. The Balaban J connectivity index is 2.27. The van der Waals surface area contributed by atoms with Gasteiger partial charge in [0.05, 0.1) is 12.7 Å². The third-order valence-electron chi connectivity index (χ3n) is 3.48. The van der Waals surface area contributed by atoms with E-state index in [4.69, 9.17) is 4.74 Å². The Morgan fingerprint density at radius 1 is 1.15 bits per heavy atom. The highest BCUT2D eigenvalue weighted by atomic mass is 79.9. The lowest BCUT2D eigenvalue weighted by molar-refractivity contribution is 0.0569. The van der Waals surface area contributed by atoms with Crippen molar-refractivity contribution in [3.05, 3.63) is 63.6 Å². The van der Waals surface area contributed by atoms with E-state index >= 15 is 0 Å². The van der Waals surface area contributed by atoms with Crippen molar-refractivity contribution in [2.24, 2.45) is 0 Å². The predicted molar refractivity (Wildman–Crippen MR) is 85.1 cm³/mol. The van der Waals surface area contributed by atoms with Gasteiger partial charge in [-0.2, -0.15) is 0 Å². The SMILES string of the molecule is COc1ccc(C(C)(O)Cc2ccc(Br)cc2)c(C)c1. The zero-order valence-electron chi connectivity index (χ0n) is 12.0. The first kappa shape index (κ1) is 15.1. The molecule has 0 spiro atoms. The molecule has 0 fully saturated rings. The largest absolute Gasteiger partial charge is 0.497 e. The average Bonchev–Trinajstić information content (AvgIpc) is 2.40. The molecular weight excluding hydrogens is 316 g/mol. The van der Waals surface area contributed by atoms with Gasteiger partial charge in [-0.3, -0.25) is 0 Å². The van der Waals surface area contributed by atoms with Crippen molar-refractivity contribution in [3.63, 3.8) is 0 Å². The summed E-state index contributed by atoms with van der Waals surface area (Å²) in [7, 11) is 1.65. The number of aryl methyl sites for hydroxylation is 1. The van der Waals surface area contributed by atoms with Crippen LogP contribution in [0.2, 0.25) is 0 Å². The molecule has 0 saturated carbocycles. The van der Waals surface area contributed by atoms with Gasteiger partial charge in [0.1, 0.15) is 5.75 Å². The fourth-order valence-corrected chi connectivity index (χ4v) is 2.73. The van der Waals surface area contributed by atoms with Gasteiger partial charge in [0, 0.05) is 10.9 Å². The molecule has 0 aliphatic carbocycles. The number of aliphatic hydroxyl groups is 1. The number of methoxy groups -OCH3 is 1. The van der Waals surface area contributed by atoms with Crippen LogP contribution < -0.4 is 4.74 Å². The molecule has 0 bridgehead atoms. The highest BCUT2D eigenvalue weighted by molar-refractivity contribution is 9.10. The molecule has 20 heavy (non-hydrogen) atoms. The molecule has 1 N–H and O–H groups in total. The molecule has 2 aromatic carbocycles. The van der Waals surface area contributed by atoms with E-state index in [1.165, 1.54) is 0 Å². The molecule has 0 radical (unpaired) electrons. The van der Waals surface area contributed by atoms with Gasteiger partial charge in [-0.25, -0.2) is 0 Å². The summed E-state index contributed by atoms with van der Waals surface area (Å²) in [5.74, 6) is 0.811. The molecule has 2 nitrogen and oxygen atoms in total. The number of halogens is 1. The number of hydrogen-bond donors (Lipinski definition) is 1. The molecule has 3 heteroatoms. The quantitative estimate of drug-likeness (QED) is 0.907. The van der Waals surface area contributed by atoms with Gasteiger partial charge in [0.25, 0.3) is 0 Å². The van der Waals surface area contributed by atoms with Gasteiger partial charge in [0.2, 0.25) is 0 Å². The molecular formula is C17H19BrO2. The first-order chi connectivity index (χ1) is 9.42. The summed E-state index contributed by atoms with van der Waals surface area (Å²) < 4.78 is 6.25. The Hall–Kier alpha value is -1.32. The van der Waals surface area contributed by atoms with Crippen molar-refractivity contribution in [3.8, 4) is 5.75 Å². The maximum atomic E-state index is 10.8. The first-order valence-corrected chi connectivity index (χ1v) is 7.33. The second kappa shape index (κ2) is 5.98. The Morgan fingerprint density at radius 3 is 2.35 bits per heavy atom. The summed E-state index contributed by atoms with van der Waals surface area (Å²) in [6.07, 6.45) is 0.577. The van der Waals surface area contributed by atoms with Crippen molar-refractivity contribution < 1.29 is 9.84 Å². The Labute approximate surface area is 128 Å². The third kappa shape index (κ3) is 3.41. The van der Waals surface area contributed by atoms with E-state index in [0.29, 0.717) is 6.42 Å². The van der Waals surface area contributed by atoms with Crippen LogP contribution in [-0.4, -0.2) is 12.2 Å². The number of rotatable bonds is 4. The Morgan fingerprint density at radius 2 is 1.80 bits per heavy atom. The van der Waals surface area contributed by atoms with Crippen LogP contribution in [0, 0.1) is 6.92 Å². The monoisotopic (exact) mass is 334 g/mol. The maximum absolute atomic E-state index is 10.8. The van der Waals surface area contributed by atoms with E-state index in [2.05, 4.69) is 15.9 Å². The normalized spacial score (nSPS) is 13.8. The van der Waals surface area contributed by atoms with Gasteiger partial charge in [-0.15, -0.1) is 0 Å². The van der Waals surface area contributed by atoms with Crippen molar-refractivity contribution in [2.75, 3.05) is 7.11 Å². The van der Waals surface area contributed by atoms with E-state index in [0.717, 1.165) is 26.9 Å². The van der Waals surface area contributed by atoms with E-state index in [-0.39, 0.29) is 0 Å². The second-order valence-electron chi connectivity index (χ2n) is 5.26. The average molecular weight is 335 g/mol. The van der Waals surface area contributed by atoms with Crippen molar-refractivity contribution >= 4 is 15.9 Å². The molecule has 1 atom stereocenters. The summed E-state index contributed by atoms with van der Waals surface area (Å²) in [6.45, 7) is 3.84. The summed E-state index contributed by atoms with van der Waals surface area (Å²) in [5, 5.41) is 10.8. The van der Waals surface area contributed by atoms with E-state index in [9.17, 15) is 5.11 Å². The first-order valence-electron chi connectivity index (χ1n) is 6.54. The summed E-state index contributed by atoms with van der Waals surface area (Å²) in [5.41, 5.74) is 2.17. The van der Waals surface area contributed by atoms with Crippen LogP contribution in [0.15, 0.2) is 46.9 Å². The minimum Gasteiger partial charge on any atom is -0.497 e. The van der Waals surface area contributed by atoms with Crippen LogP contribution in [0.3, 0.4) is 0 Å². The van der Waals surface area contributed by atoms with Crippen LogP contribution in [-0.2, 0) is 12.0 Å². The number of benzene rings is 2. The van der Waals surface area contributed by atoms with Gasteiger partial charge in [-0.05, 0) is 54.8 Å². The molecule has 0 amide bonds. The van der Waals surface area contributed by atoms with Crippen LogP contribution in [0.4, 0.5) is 0 Å². The molecule has 0 aromatic heterocycles. The highest BCUT2D eigenvalue weighted by Gasteiger charge is 2.25. The molecule has 2 aromatic rings. The van der Waals surface area contributed by atoms with Gasteiger partial charge < -0.3 is 9.84 Å². The van der Waals surface area contributed by atoms with Crippen molar-refractivity contribution in [1.29, 1.82) is 0 Å². The zero-order chi connectivity index (χ0) is 14.8. The Kier molecular flexibility index (Phi) is 4.51. The summed E-state index contributed by atoms with van der Waals surface area (Å²) in [4.78, 5) is 0. The smallest absolute Gasteiger partial charge is 0.119 e. The van der Waals surface area contributed by atoms with Crippen molar-refractivity contribution in [2.45, 2.75) is 25.9 Å². The maximum Gasteiger partial charge on any atom is 0.119 e. The predicted octanol–water partition coefficient (Wildman–Crippen LogP) is 4.22. The molecule has 1 unspecified atom stereocenters. The van der Waals surface area contributed by atoms with Crippen LogP contribution >= 0.6 is 15.9 Å². The minimum absolute atomic E-state index is 0.577. The van der Waals surface area contributed by atoms with Crippen molar-refractivity contribution in [1.82, 2.24) is 0 Å². The third-order valence-corrected chi connectivity index (χ3v) is 4.00. The lowest BCUT2D eigenvalue weighted by Gasteiger charge is -2.26. The fraction of sp³-hybridized carbons (Fsp3) is 0.294.